The lowest BCUT2D eigenvalue weighted by molar-refractivity contribution is 0.613. The van der Waals surface area contributed by atoms with E-state index in [1.165, 1.54) is 5.56 Å². The molecule has 82 valence electrons. The van der Waals surface area contributed by atoms with Crippen molar-refractivity contribution in [3.8, 4) is 0 Å². The fraction of sp³-hybridized carbons (Fsp3) is 0.308. The van der Waals surface area contributed by atoms with Crippen LogP contribution in [0.25, 0.3) is 10.9 Å². The second-order valence-corrected chi connectivity index (χ2v) is 4.49. The number of rotatable bonds is 1. The summed E-state index contributed by atoms with van der Waals surface area (Å²) in [7, 11) is 0. The second kappa shape index (κ2) is 3.63. The lowest BCUT2D eigenvalue weighted by Crippen LogP contribution is -2.26. The highest BCUT2D eigenvalue weighted by atomic mass is 35.5. The number of para-hydroxylation sites is 1. The van der Waals surface area contributed by atoms with E-state index in [2.05, 4.69) is 18.2 Å². The summed E-state index contributed by atoms with van der Waals surface area (Å²) in [6.07, 6.45) is 2.11. The number of halogens is 1. The van der Waals surface area contributed by atoms with E-state index in [0.29, 0.717) is 11.4 Å². The van der Waals surface area contributed by atoms with Crippen LogP contribution in [0.4, 0.5) is 0 Å². The van der Waals surface area contributed by atoms with E-state index in [1.54, 1.807) is 0 Å². The van der Waals surface area contributed by atoms with Crippen molar-refractivity contribution in [3.63, 3.8) is 0 Å². The zero-order valence-corrected chi connectivity index (χ0v) is 9.63. The molecule has 0 spiro atoms. The molecule has 0 saturated carbocycles. The van der Waals surface area contributed by atoms with Gasteiger partial charge in [-0.3, -0.25) is 4.79 Å². The smallest absolute Gasteiger partial charge is 0.255 e. The molecule has 0 fully saturated rings. The van der Waals surface area contributed by atoms with Gasteiger partial charge in [-0.05, 0) is 29.9 Å². The SMILES string of the molecule is O=c1c(CCl)cc2cccc3c2n1CCC3. The van der Waals surface area contributed by atoms with Gasteiger partial charge in [0.1, 0.15) is 0 Å². The van der Waals surface area contributed by atoms with Gasteiger partial charge in [-0.1, -0.05) is 18.2 Å². The van der Waals surface area contributed by atoms with Crippen molar-refractivity contribution in [2.75, 3.05) is 0 Å². The minimum atomic E-state index is 0.0784. The molecular weight excluding hydrogens is 222 g/mol. The minimum absolute atomic E-state index is 0.0784. The predicted molar refractivity (Wildman–Crippen MR) is 66.1 cm³/mol. The van der Waals surface area contributed by atoms with Crippen molar-refractivity contribution in [1.82, 2.24) is 4.57 Å². The molecule has 0 radical (unpaired) electrons. The molecule has 0 aliphatic carbocycles. The summed E-state index contributed by atoms with van der Waals surface area (Å²) < 4.78 is 1.88. The number of pyridine rings is 1. The maximum atomic E-state index is 12.1. The van der Waals surface area contributed by atoms with Crippen LogP contribution in [0, 0.1) is 0 Å². The van der Waals surface area contributed by atoms with Crippen LogP contribution in [0.3, 0.4) is 0 Å². The van der Waals surface area contributed by atoms with Crippen LogP contribution in [0.15, 0.2) is 29.1 Å². The zero-order valence-electron chi connectivity index (χ0n) is 8.87. The first kappa shape index (κ1) is 9.91. The van der Waals surface area contributed by atoms with Gasteiger partial charge in [0.15, 0.2) is 0 Å². The number of alkyl halides is 1. The standard InChI is InChI=1S/C13H12ClNO/c14-8-11-7-10-4-1-3-9-5-2-6-15(12(9)10)13(11)16/h1,3-4,7H,2,5-6,8H2. The van der Waals surface area contributed by atoms with Crippen LogP contribution in [-0.2, 0) is 18.8 Å². The Kier molecular flexibility index (Phi) is 2.25. The van der Waals surface area contributed by atoms with Gasteiger partial charge in [-0.25, -0.2) is 0 Å². The first-order valence-corrected chi connectivity index (χ1v) is 6.05. The lowest BCUT2D eigenvalue weighted by atomic mass is 10.0. The molecular formula is C13H12ClNO. The fourth-order valence-corrected chi connectivity index (χ4v) is 2.71. The van der Waals surface area contributed by atoms with E-state index in [0.717, 1.165) is 30.3 Å². The third kappa shape index (κ3) is 1.30. The molecule has 1 aliphatic heterocycles. The van der Waals surface area contributed by atoms with Gasteiger partial charge in [0.25, 0.3) is 5.56 Å². The van der Waals surface area contributed by atoms with Crippen LogP contribution in [0.5, 0.6) is 0 Å². The summed E-state index contributed by atoms with van der Waals surface area (Å²) in [6, 6.07) is 8.14. The molecule has 0 atom stereocenters. The number of aromatic nitrogens is 1. The Morgan fingerprint density at radius 1 is 1.38 bits per heavy atom. The molecule has 0 unspecified atom stereocenters. The van der Waals surface area contributed by atoms with Gasteiger partial charge in [0.05, 0.1) is 11.4 Å². The van der Waals surface area contributed by atoms with Crippen molar-refractivity contribution in [3.05, 3.63) is 45.7 Å². The zero-order chi connectivity index (χ0) is 11.1. The van der Waals surface area contributed by atoms with Gasteiger partial charge in [-0.15, -0.1) is 11.6 Å². The molecule has 2 aromatic rings. The second-order valence-electron chi connectivity index (χ2n) is 4.22. The topological polar surface area (TPSA) is 22.0 Å². The summed E-state index contributed by atoms with van der Waals surface area (Å²) in [5.41, 5.74) is 3.16. The highest BCUT2D eigenvalue weighted by molar-refractivity contribution is 6.17. The Morgan fingerprint density at radius 2 is 2.25 bits per heavy atom. The summed E-state index contributed by atoms with van der Waals surface area (Å²) in [5, 5.41) is 1.13. The number of aryl methyl sites for hydroxylation is 2. The monoisotopic (exact) mass is 233 g/mol. The van der Waals surface area contributed by atoms with E-state index in [1.807, 2.05) is 10.6 Å². The van der Waals surface area contributed by atoms with E-state index in [-0.39, 0.29) is 5.56 Å². The molecule has 3 heteroatoms. The largest absolute Gasteiger partial charge is 0.308 e. The fourth-order valence-electron chi connectivity index (χ4n) is 2.52. The Morgan fingerprint density at radius 3 is 3.06 bits per heavy atom. The molecule has 1 aliphatic rings. The Hall–Kier alpha value is -1.28. The van der Waals surface area contributed by atoms with Crippen molar-refractivity contribution < 1.29 is 0 Å². The molecule has 2 nitrogen and oxygen atoms in total. The first-order valence-electron chi connectivity index (χ1n) is 5.51. The predicted octanol–water partition coefficient (Wildman–Crippen LogP) is 2.69. The van der Waals surface area contributed by atoms with Crippen molar-refractivity contribution in [2.24, 2.45) is 0 Å². The number of hydrogen-bond donors (Lipinski definition) is 0. The molecule has 0 bridgehead atoms. The normalized spacial score (nSPS) is 14.3. The van der Waals surface area contributed by atoms with Crippen LogP contribution in [0.2, 0.25) is 0 Å². The van der Waals surface area contributed by atoms with Gasteiger partial charge >= 0.3 is 0 Å². The molecule has 1 aromatic carbocycles. The Bertz CT molecular complexity index is 615. The third-order valence-corrected chi connectivity index (χ3v) is 3.53. The molecule has 0 amide bonds. The van der Waals surface area contributed by atoms with Crippen molar-refractivity contribution in [1.29, 1.82) is 0 Å². The Balaban J connectivity index is 2.50. The van der Waals surface area contributed by atoms with E-state index < -0.39 is 0 Å². The molecule has 0 N–H and O–H groups in total. The average Bonchev–Trinajstić information content (AvgIpc) is 2.33. The molecule has 2 heterocycles. The Labute approximate surface area is 98.5 Å². The van der Waals surface area contributed by atoms with Crippen LogP contribution >= 0.6 is 11.6 Å². The van der Waals surface area contributed by atoms with Crippen molar-refractivity contribution in [2.45, 2.75) is 25.3 Å². The van der Waals surface area contributed by atoms with Crippen LogP contribution in [0.1, 0.15) is 17.5 Å². The summed E-state index contributed by atoms with van der Waals surface area (Å²) >= 11 is 5.81. The summed E-state index contributed by atoms with van der Waals surface area (Å²) in [5.74, 6) is 0.291. The minimum Gasteiger partial charge on any atom is -0.308 e. The van der Waals surface area contributed by atoms with Gasteiger partial charge < -0.3 is 4.57 Å². The lowest BCUT2D eigenvalue weighted by Gasteiger charge is -2.19. The van der Waals surface area contributed by atoms with Crippen LogP contribution < -0.4 is 5.56 Å². The maximum absolute atomic E-state index is 12.1. The third-order valence-electron chi connectivity index (χ3n) is 3.24. The summed E-state index contributed by atoms with van der Waals surface area (Å²) in [4.78, 5) is 12.1. The number of nitrogens with zero attached hydrogens (tertiary/aromatic N) is 1. The van der Waals surface area contributed by atoms with Gasteiger partial charge in [-0.2, -0.15) is 0 Å². The highest BCUT2D eigenvalue weighted by Crippen LogP contribution is 2.24. The molecule has 16 heavy (non-hydrogen) atoms. The van der Waals surface area contributed by atoms with Crippen LogP contribution in [-0.4, -0.2) is 4.57 Å². The quantitative estimate of drug-likeness (QED) is 0.695. The van der Waals surface area contributed by atoms with Gasteiger partial charge in [0.2, 0.25) is 0 Å². The van der Waals surface area contributed by atoms with E-state index >= 15 is 0 Å². The number of benzene rings is 1. The first-order chi connectivity index (χ1) is 7.81. The maximum Gasteiger partial charge on any atom is 0.255 e. The average molecular weight is 234 g/mol. The van der Waals surface area contributed by atoms with Gasteiger partial charge in [0, 0.05) is 12.1 Å². The van der Waals surface area contributed by atoms with E-state index in [9.17, 15) is 4.79 Å². The molecule has 0 saturated heterocycles. The summed E-state index contributed by atoms with van der Waals surface area (Å²) in [6.45, 7) is 0.817. The number of hydrogen-bond acceptors (Lipinski definition) is 1. The highest BCUT2D eigenvalue weighted by Gasteiger charge is 2.15. The molecule has 1 aromatic heterocycles. The van der Waals surface area contributed by atoms with E-state index in [4.69, 9.17) is 11.6 Å². The molecule has 3 rings (SSSR count). The van der Waals surface area contributed by atoms with Crippen molar-refractivity contribution >= 4 is 22.5 Å².